The number of H-pyrrole nitrogens is 1. The van der Waals surface area contributed by atoms with E-state index in [1.807, 2.05) is 45.4 Å². The van der Waals surface area contributed by atoms with Gasteiger partial charge in [0.05, 0.1) is 27.6 Å². The number of nitrogens with one attached hydrogen (secondary N) is 1. The number of benzene rings is 1. The van der Waals surface area contributed by atoms with Crippen LogP contribution in [-0.2, 0) is 20.7 Å². The molecule has 1 aromatic heterocycles. The standard InChI is InChI=1S/C17H22N2O4/c1-19(2,3)11-13(9-16(20)21)23-17(22)8-12-10-18-15-7-5-4-6-14(12)15/h4-7,10,13,18H,8-9,11H2,1-3H3. The Morgan fingerprint density at radius 3 is 2.61 bits per heavy atom. The van der Waals surface area contributed by atoms with E-state index in [-0.39, 0.29) is 12.8 Å². The van der Waals surface area contributed by atoms with Crippen molar-refractivity contribution in [2.45, 2.75) is 18.9 Å². The Bertz CT molecular complexity index is 700. The van der Waals surface area contributed by atoms with Gasteiger partial charge in [0.15, 0.2) is 6.10 Å². The van der Waals surface area contributed by atoms with Gasteiger partial charge in [0.1, 0.15) is 6.54 Å². The average Bonchev–Trinajstić information content (AvgIpc) is 2.79. The summed E-state index contributed by atoms with van der Waals surface area (Å²) in [5.41, 5.74) is 1.79. The molecular weight excluding hydrogens is 296 g/mol. The number of aromatic nitrogens is 1. The van der Waals surface area contributed by atoms with Crippen LogP contribution in [0.25, 0.3) is 10.9 Å². The molecule has 0 radical (unpaired) electrons. The van der Waals surface area contributed by atoms with Crippen molar-refractivity contribution >= 4 is 22.8 Å². The van der Waals surface area contributed by atoms with E-state index in [1.54, 1.807) is 6.20 Å². The minimum Gasteiger partial charge on any atom is -0.550 e. The second-order valence-electron chi connectivity index (χ2n) is 6.70. The van der Waals surface area contributed by atoms with Crippen LogP contribution in [0.1, 0.15) is 12.0 Å². The van der Waals surface area contributed by atoms with Crippen LogP contribution < -0.4 is 5.11 Å². The number of carbonyl (C=O) groups is 2. The summed E-state index contributed by atoms with van der Waals surface area (Å²) in [4.78, 5) is 26.1. The van der Waals surface area contributed by atoms with Gasteiger partial charge in [-0.2, -0.15) is 0 Å². The zero-order valence-electron chi connectivity index (χ0n) is 13.7. The zero-order valence-corrected chi connectivity index (χ0v) is 13.7. The second-order valence-corrected chi connectivity index (χ2v) is 6.70. The summed E-state index contributed by atoms with van der Waals surface area (Å²) < 4.78 is 5.87. The number of likely N-dealkylation sites (N-methyl/N-ethyl adjacent to an activating group) is 1. The lowest BCUT2D eigenvalue weighted by Gasteiger charge is -2.29. The minimum atomic E-state index is -1.22. The van der Waals surface area contributed by atoms with Crippen molar-refractivity contribution in [1.82, 2.24) is 4.98 Å². The van der Waals surface area contributed by atoms with E-state index >= 15 is 0 Å². The summed E-state index contributed by atoms with van der Waals surface area (Å²) in [6, 6.07) is 7.68. The quantitative estimate of drug-likeness (QED) is 0.594. The number of esters is 1. The molecule has 6 nitrogen and oxygen atoms in total. The first kappa shape index (κ1) is 17.0. The number of carboxylic acids is 1. The maximum absolute atomic E-state index is 12.2. The Labute approximate surface area is 135 Å². The Morgan fingerprint density at radius 2 is 1.96 bits per heavy atom. The molecule has 0 aliphatic heterocycles. The number of carbonyl (C=O) groups excluding carboxylic acids is 2. The number of ether oxygens (including phenoxy) is 1. The third-order valence-electron chi connectivity index (χ3n) is 3.45. The summed E-state index contributed by atoms with van der Waals surface area (Å²) in [6.45, 7) is 0.410. The fraction of sp³-hybridized carbons (Fsp3) is 0.412. The van der Waals surface area contributed by atoms with E-state index in [2.05, 4.69) is 4.98 Å². The number of carboxylic acid groups (broad SMARTS) is 1. The van der Waals surface area contributed by atoms with E-state index in [0.717, 1.165) is 16.5 Å². The average molecular weight is 318 g/mol. The first-order valence-electron chi connectivity index (χ1n) is 7.49. The van der Waals surface area contributed by atoms with Crippen LogP contribution in [0.2, 0.25) is 0 Å². The van der Waals surface area contributed by atoms with E-state index in [1.165, 1.54) is 0 Å². The lowest BCUT2D eigenvalue weighted by atomic mass is 10.1. The molecule has 124 valence electrons. The highest BCUT2D eigenvalue weighted by Gasteiger charge is 2.23. The molecule has 0 bridgehead atoms. The summed E-state index contributed by atoms with van der Waals surface area (Å²) in [5.74, 6) is -1.65. The topological polar surface area (TPSA) is 82.2 Å². The zero-order chi connectivity index (χ0) is 17.0. The minimum absolute atomic E-state index is 0.102. The number of quaternary nitrogens is 1. The normalized spacial score (nSPS) is 13.0. The van der Waals surface area contributed by atoms with Gasteiger partial charge in [-0.15, -0.1) is 0 Å². The molecule has 1 N–H and O–H groups in total. The Balaban J connectivity index is 2.05. The van der Waals surface area contributed by atoms with Crippen molar-refractivity contribution in [2.24, 2.45) is 0 Å². The number of aliphatic carboxylic acids is 1. The highest BCUT2D eigenvalue weighted by atomic mass is 16.5. The summed E-state index contributed by atoms with van der Waals surface area (Å²) in [7, 11) is 5.74. The molecule has 6 heteroatoms. The number of para-hydroxylation sites is 1. The van der Waals surface area contributed by atoms with Crippen LogP contribution in [0.15, 0.2) is 30.5 Å². The highest BCUT2D eigenvalue weighted by Crippen LogP contribution is 2.19. The monoisotopic (exact) mass is 318 g/mol. The second kappa shape index (κ2) is 6.83. The van der Waals surface area contributed by atoms with Gasteiger partial charge in [-0.05, 0) is 11.6 Å². The Kier molecular flexibility index (Phi) is 5.05. The lowest BCUT2D eigenvalue weighted by Crippen LogP contribution is -2.45. The van der Waals surface area contributed by atoms with Crippen LogP contribution in [0.5, 0.6) is 0 Å². The predicted octanol–water partition coefficient (Wildman–Crippen LogP) is 0.468. The third-order valence-corrected chi connectivity index (χ3v) is 3.45. The summed E-state index contributed by atoms with van der Waals surface area (Å²) in [6.07, 6.45) is 0.886. The molecule has 23 heavy (non-hydrogen) atoms. The molecule has 0 fully saturated rings. The first-order valence-corrected chi connectivity index (χ1v) is 7.49. The fourth-order valence-electron chi connectivity index (χ4n) is 2.60. The smallest absolute Gasteiger partial charge is 0.310 e. The maximum Gasteiger partial charge on any atom is 0.310 e. The molecule has 0 saturated carbocycles. The van der Waals surface area contributed by atoms with Crippen LogP contribution in [0, 0.1) is 0 Å². The molecule has 1 atom stereocenters. The molecule has 0 spiro atoms. The molecule has 0 aliphatic rings. The van der Waals surface area contributed by atoms with Crippen molar-refractivity contribution in [2.75, 3.05) is 27.7 Å². The highest BCUT2D eigenvalue weighted by molar-refractivity contribution is 5.87. The van der Waals surface area contributed by atoms with Gasteiger partial charge in [0, 0.05) is 29.5 Å². The largest absolute Gasteiger partial charge is 0.550 e. The van der Waals surface area contributed by atoms with Crippen molar-refractivity contribution in [3.63, 3.8) is 0 Å². The van der Waals surface area contributed by atoms with Crippen molar-refractivity contribution in [1.29, 1.82) is 0 Å². The van der Waals surface area contributed by atoms with Crippen molar-refractivity contribution < 1.29 is 23.9 Å². The molecule has 2 aromatic rings. The lowest BCUT2D eigenvalue weighted by molar-refractivity contribution is -0.873. The molecule has 2 rings (SSSR count). The van der Waals surface area contributed by atoms with Gasteiger partial charge in [-0.3, -0.25) is 4.79 Å². The Hall–Kier alpha value is -2.34. The van der Waals surface area contributed by atoms with Gasteiger partial charge in [0.2, 0.25) is 0 Å². The first-order chi connectivity index (χ1) is 10.7. The van der Waals surface area contributed by atoms with Gasteiger partial charge in [0.25, 0.3) is 0 Å². The van der Waals surface area contributed by atoms with E-state index < -0.39 is 18.0 Å². The predicted molar refractivity (Wildman–Crippen MR) is 84.4 cm³/mol. The Morgan fingerprint density at radius 1 is 1.26 bits per heavy atom. The molecular formula is C17H22N2O4. The summed E-state index contributed by atoms with van der Waals surface area (Å²) in [5, 5.41) is 11.8. The SMILES string of the molecule is C[N+](C)(C)CC(CC(=O)[O-])OC(=O)Cc1c[nH]c2ccccc12. The molecule has 0 aliphatic carbocycles. The summed E-state index contributed by atoms with van der Waals surface area (Å²) >= 11 is 0. The molecule has 1 unspecified atom stereocenters. The van der Waals surface area contributed by atoms with Gasteiger partial charge in [-0.25, -0.2) is 0 Å². The molecule has 1 heterocycles. The van der Waals surface area contributed by atoms with Crippen LogP contribution in [-0.4, -0.2) is 55.2 Å². The van der Waals surface area contributed by atoms with E-state index in [9.17, 15) is 14.7 Å². The van der Waals surface area contributed by atoms with E-state index in [4.69, 9.17) is 4.74 Å². The number of nitrogens with zero attached hydrogens (tertiary/aromatic N) is 1. The number of aromatic amines is 1. The van der Waals surface area contributed by atoms with E-state index in [0.29, 0.717) is 11.0 Å². The van der Waals surface area contributed by atoms with Gasteiger partial charge >= 0.3 is 5.97 Å². The number of hydrogen-bond acceptors (Lipinski definition) is 4. The molecule has 1 aromatic carbocycles. The number of fused-ring (bicyclic) bond motifs is 1. The van der Waals surface area contributed by atoms with Crippen LogP contribution in [0.3, 0.4) is 0 Å². The van der Waals surface area contributed by atoms with Crippen LogP contribution in [0.4, 0.5) is 0 Å². The number of hydrogen-bond donors (Lipinski definition) is 1. The van der Waals surface area contributed by atoms with Crippen LogP contribution >= 0.6 is 0 Å². The fourth-order valence-corrected chi connectivity index (χ4v) is 2.60. The third kappa shape index (κ3) is 5.10. The molecule has 0 saturated heterocycles. The van der Waals surface area contributed by atoms with Crippen molar-refractivity contribution in [3.05, 3.63) is 36.0 Å². The van der Waals surface area contributed by atoms with Gasteiger partial charge in [-0.1, -0.05) is 18.2 Å². The molecule has 0 amide bonds. The van der Waals surface area contributed by atoms with Gasteiger partial charge < -0.3 is 24.1 Å². The maximum atomic E-state index is 12.2. The number of rotatable bonds is 7. The van der Waals surface area contributed by atoms with Crippen molar-refractivity contribution in [3.8, 4) is 0 Å².